The predicted molar refractivity (Wildman–Crippen MR) is 129 cm³/mol. The van der Waals surface area contributed by atoms with Crippen LogP contribution < -0.4 is 11.2 Å². The molecule has 154 valence electrons. The number of aromatic nitrogens is 4. The second kappa shape index (κ2) is 8.10. The number of hydrogen-bond donors (Lipinski definition) is 1. The Morgan fingerprint density at radius 2 is 1.67 bits per heavy atom. The molecule has 0 radical (unpaired) electrons. The van der Waals surface area contributed by atoms with Crippen molar-refractivity contribution < 1.29 is 0 Å². The Hall–Kier alpha value is -2.88. The maximum atomic E-state index is 12.9. The molecule has 2 aromatic heterocycles. The van der Waals surface area contributed by atoms with Gasteiger partial charge in [-0.1, -0.05) is 0 Å². The van der Waals surface area contributed by atoms with Crippen molar-refractivity contribution in [2.45, 2.75) is 33.9 Å². The van der Waals surface area contributed by atoms with Crippen molar-refractivity contribution in [3.05, 3.63) is 78.1 Å². The molecule has 0 aliphatic carbocycles. The van der Waals surface area contributed by atoms with Crippen LogP contribution in [0.4, 0.5) is 5.69 Å². The number of aryl methyl sites for hydroxylation is 3. The van der Waals surface area contributed by atoms with Gasteiger partial charge in [0.25, 0.3) is 5.56 Å². The zero-order valence-electron chi connectivity index (χ0n) is 17.0. The molecule has 0 bridgehead atoms. The molecule has 0 spiro atoms. The van der Waals surface area contributed by atoms with Crippen LogP contribution in [-0.2, 0) is 13.1 Å². The lowest BCUT2D eigenvalue weighted by molar-refractivity contribution is 0.671. The van der Waals surface area contributed by atoms with Crippen molar-refractivity contribution in [2.24, 2.45) is 4.99 Å². The van der Waals surface area contributed by atoms with E-state index < -0.39 is 0 Å². The van der Waals surface area contributed by atoms with Crippen LogP contribution in [0.25, 0.3) is 16.7 Å². The maximum absolute atomic E-state index is 12.9. The number of rotatable bonds is 5. The van der Waals surface area contributed by atoms with Gasteiger partial charge in [-0.05, 0) is 85.8 Å². The zero-order chi connectivity index (χ0) is 21.4. The van der Waals surface area contributed by atoms with Gasteiger partial charge in [0.2, 0.25) is 0 Å². The topological polar surface area (TPSA) is 77.1 Å². The lowest BCUT2D eigenvalue weighted by atomic mass is 10.2. The summed E-state index contributed by atoms with van der Waals surface area (Å²) in [6.45, 7) is 6.97. The Balaban J connectivity index is 1.74. The number of nitrogens with zero attached hydrogens (tertiary/aromatic N) is 4. The highest BCUT2D eigenvalue weighted by atomic mass is 127. The van der Waals surface area contributed by atoms with E-state index in [0.717, 1.165) is 26.0 Å². The summed E-state index contributed by atoms with van der Waals surface area (Å²) in [5.74, 6) is 0. The van der Waals surface area contributed by atoms with Gasteiger partial charge in [-0.15, -0.1) is 0 Å². The summed E-state index contributed by atoms with van der Waals surface area (Å²) in [6.07, 6.45) is 1.59. The summed E-state index contributed by atoms with van der Waals surface area (Å²) in [5.41, 5.74) is 4.29. The number of H-pyrrole nitrogens is 1. The number of imidazole rings is 1. The van der Waals surface area contributed by atoms with E-state index in [1.54, 1.807) is 15.3 Å². The van der Waals surface area contributed by atoms with Gasteiger partial charge in [-0.25, -0.2) is 9.48 Å². The van der Waals surface area contributed by atoms with Crippen LogP contribution in [0.3, 0.4) is 0 Å². The third-order valence-electron chi connectivity index (χ3n) is 5.18. The lowest BCUT2D eigenvalue weighted by Crippen LogP contribution is -2.22. The van der Waals surface area contributed by atoms with E-state index >= 15 is 0 Å². The molecule has 0 fully saturated rings. The normalized spacial score (nSPS) is 11.7. The Bertz CT molecular complexity index is 1370. The molecule has 0 amide bonds. The van der Waals surface area contributed by atoms with Crippen molar-refractivity contribution in [3.8, 4) is 5.69 Å². The third-order valence-corrected chi connectivity index (χ3v) is 5.90. The average Bonchev–Trinajstić information content (AvgIpc) is 3.18. The fraction of sp³-hybridized carbons (Fsp3) is 0.227. The van der Waals surface area contributed by atoms with Gasteiger partial charge in [-0.2, -0.15) is 0 Å². The molecule has 2 heterocycles. The van der Waals surface area contributed by atoms with E-state index in [-0.39, 0.29) is 11.2 Å². The minimum atomic E-state index is -0.152. The molecule has 4 rings (SSSR count). The fourth-order valence-electron chi connectivity index (χ4n) is 3.62. The molecular weight excluding hydrogens is 493 g/mol. The lowest BCUT2D eigenvalue weighted by Gasteiger charge is -2.00. The minimum Gasteiger partial charge on any atom is -0.295 e. The van der Waals surface area contributed by atoms with Gasteiger partial charge in [0, 0.05) is 28.6 Å². The highest BCUT2D eigenvalue weighted by Gasteiger charge is 2.13. The van der Waals surface area contributed by atoms with Crippen LogP contribution in [-0.4, -0.2) is 25.1 Å². The molecule has 0 aliphatic rings. The molecule has 30 heavy (non-hydrogen) atoms. The largest absolute Gasteiger partial charge is 0.329 e. The van der Waals surface area contributed by atoms with E-state index in [2.05, 4.69) is 32.7 Å². The zero-order valence-corrected chi connectivity index (χ0v) is 19.2. The summed E-state index contributed by atoms with van der Waals surface area (Å²) in [6, 6.07) is 13.4. The minimum absolute atomic E-state index is 0.0157. The van der Waals surface area contributed by atoms with Crippen LogP contribution >= 0.6 is 22.6 Å². The van der Waals surface area contributed by atoms with Crippen LogP contribution in [0, 0.1) is 10.5 Å². The number of hydrogen-bond acceptors (Lipinski definition) is 3. The number of nitrogens with one attached hydrogen (secondary N) is 1. The predicted octanol–water partition coefficient (Wildman–Crippen LogP) is 3.99. The van der Waals surface area contributed by atoms with Crippen molar-refractivity contribution >= 4 is 45.5 Å². The molecule has 7 nitrogen and oxygen atoms in total. The molecule has 0 aliphatic heterocycles. The second-order valence-electron chi connectivity index (χ2n) is 6.97. The van der Waals surface area contributed by atoms with Gasteiger partial charge < -0.3 is 0 Å². The Labute approximate surface area is 186 Å². The van der Waals surface area contributed by atoms with Gasteiger partial charge in [0.05, 0.1) is 28.0 Å². The molecule has 0 atom stereocenters. The first-order valence-corrected chi connectivity index (χ1v) is 10.9. The molecule has 8 heteroatoms. The first kappa shape index (κ1) is 20.4. The van der Waals surface area contributed by atoms with Crippen LogP contribution in [0.2, 0.25) is 0 Å². The Morgan fingerprint density at radius 3 is 2.33 bits per heavy atom. The monoisotopic (exact) mass is 515 g/mol. The van der Waals surface area contributed by atoms with Crippen LogP contribution in [0.1, 0.15) is 25.1 Å². The fourth-order valence-corrected chi connectivity index (χ4v) is 3.98. The van der Waals surface area contributed by atoms with Gasteiger partial charge >= 0.3 is 5.69 Å². The van der Waals surface area contributed by atoms with Gasteiger partial charge in [0.15, 0.2) is 0 Å². The summed E-state index contributed by atoms with van der Waals surface area (Å²) >= 11 is 2.23. The second-order valence-corrected chi connectivity index (χ2v) is 8.22. The molecule has 0 saturated heterocycles. The van der Waals surface area contributed by atoms with Gasteiger partial charge in [-0.3, -0.25) is 24.0 Å². The maximum Gasteiger partial charge on any atom is 0.329 e. The van der Waals surface area contributed by atoms with Crippen molar-refractivity contribution in [1.82, 2.24) is 18.9 Å². The summed E-state index contributed by atoms with van der Waals surface area (Å²) in [5, 5.41) is 3.11. The van der Waals surface area contributed by atoms with Crippen LogP contribution in [0.15, 0.2) is 57.0 Å². The van der Waals surface area contributed by atoms with E-state index in [1.807, 2.05) is 63.2 Å². The summed E-state index contributed by atoms with van der Waals surface area (Å²) in [4.78, 5) is 29.9. The first-order valence-electron chi connectivity index (χ1n) is 9.79. The molecule has 4 aromatic rings. The number of aliphatic imine (C=N–C) groups is 1. The van der Waals surface area contributed by atoms with E-state index in [4.69, 9.17) is 0 Å². The number of fused-ring (bicyclic) bond motifs is 1. The van der Waals surface area contributed by atoms with Gasteiger partial charge in [0.1, 0.15) is 0 Å². The Morgan fingerprint density at radius 1 is 1.00 bits per heavy atom. The van der Waals surface area contributed by atoms with Crippen molar-refractivity contribution in [2.75, 3.05) is 0 Å². The van der Waals surface area contributed by atoms with Crippen molar-refractivity contribution in [3.63, 3.8) is 0 Å². The van der Waals surface area contributed by atoms with E-state index in [0.29, 0.717) is 24.3 Å². The van der Waals surface area contributed by atoms with E-state index in [1.165, 1.54) is 4.68 Å². The summed E-state index contributed by atoms with van der Waals surface area (Å²) < 4.78 is 6.12. The molecule has 0 saturated carbocycles. The SMILES string of the molecule is CCn1c(=O)n(CC)c2cc(N=Cc3c(C)[nH]n(-c4ccc(I)cc4)c3=O)ccc21. The first-order chi connectivity index (χ1) is 14.4. The number of benzene rings is 2. The summed E-state index contributed by atoms with van der Waals surface area (Å²) in [7, 11) is 0. The molecular formula is C22H22IN5O2. The van der Waals surface area contributed by atoms with Crippen molar-refractivity contribution in [1.29, 1.82) is 0 Å². The molecule has 2 aromatic carbocycles. The van der Waals surface area contributed by atoms with Crippen LogP contribution in [0.5, 0.6) is 0 Å². The number of aromatic amines is 1. The molecule has 1 N–H and O–H groups in total. The third kappa shape index (κ3) is 3.45. The Kier molecular flexibility index (Phi) is 5.50. The standard InChI is InChI=1S/C22H22IN5O2/c1-4-26-19-11-8-16(12-20(19)27(5-2)22(26)30)24-13-18-14(3)25-28(21(18)29)17-9-6-15(23)7-10-17/h6-13,25H,4-5H2,1-3H3. The highest BCUT2D eigenvalue weighted by molar-refractivity contribution is 14.1. The van der Waals surface area contributed by atoms with E-state index in [9.17, 15) is 9.59 Å². The number of halogens is 1. The average molecular weight is 515 g/mol. The smallest absolute Gasteiger partial charge is 0.295 e. The quantitative estimate of drug-likeness (QED) is 0.323. The highest BCUT2D eigenvalue weighted by Crippen LogP contribution is 2.21. The molecule has 0 unspecified atom stereocenters.